The molecule has 1 aromatic rings. The standard InChI is InChI=1S/C8H12FN3O/c1-2-3-4-13-8-11-5-6(9)7(10)12-8/h5H,2-4H2,1H3,(H2,10,11,12). The molecular formula is C8H12FN3O. The van der Waals surface area contributed by atoms with E-state index in [4.69, 9.17) is 10.5 Å². The molecule has 0 bridgehead atoms. The van der Waals surface area contributed by atoms with Crippen LogP contribution in [-0.4, -0.2) is 16.6 Å². The molecule has 0 atom stereocenters. The van der Waals surface area contributed by atoms with Gasteiger partial charge in [-0.25, -0.2) is 9.37 Å². The maximum atomic E-state index is 12.6. The van der Waals surface area contributed by atoms with Gasteiger partial charge in [-0.3, -0.25) is 0 Å². The summed E-state index contributed by atoms with van der Waals surface area (Å²) >= 11 is 0. The van der Waals surface area contributed by atoms with Crippen LogP contribution in [0, 0.1) is 5.82 Å². The van der Waals surface area contributed by atoms with Gasteiger partial charge in [0.15, 0.2) is 11.6 Å². The summed E-state index contributed by atoms with van der Waals surface area (Å²) in [6, 6.07) is 0.132. The monoisotopic (exact) mass is 185 g/mol. The minimum absolute atomic E-state index is 0.132. The van der Waals surface area contributed by atoms with Crippen LogP contribution in [0.5, 0.6) is 6.01 Å². The Bertz CT molecular complexity index is 280. The normalized spacial score (nSPS) is 10.0. The first-order chi connectivity index (χ1) is 6.24. The van der Waals surface area contributed by atoms with Gasteiger partial charge in [-0.05, 0) is 6.42 Å². The topological polar surface area (TPSA) is 61.0 Å². The molecule has 0 fully saturated rings. The zero-order chi connectivity index (χ0) is 9.68. The van der Waals surface area contributed by atoms with Crippen LogP contribution in [0.3, 0.4) is 0 Å². The molecule has 0 aromatic carbocycles. The average molecular weight is 185 g/mol. The Morgan fingerprint density at radius 1 is 1.62 bits per heavy atom. The second-order valence-corrected chi connectivity index (χ2v) is 2.59. The lowest BCUT2D eigenvalue weighted by atomic mass is 10.4. The molecule has 0 saturated heterocycles. The number of ether oxygens (including phenoxy) is 1. The largest absolute Gasteiger partial charge is 0.463 e. The van der Waals surface area contributed by atoms with Crippen molar-refractivity contribution >= 4 is 5.82 Å². The maximum absolute atomic E-state index is 12.6. The van der Waals surface area contributed by atoms with Crippen molar-refractivity contribution in [2.24, 2.45) is 0 Å². The third-order valence-corrected chi connectivity index (χ3v) is 1.48. The zero-order valence-corrected chi connectivity index (χ0v) is 7.46. The smallest absolute Gasteiger partial charge is 0.318 e. The molecule has 0 unspecified atom stereocenters. The van der Waals surface area contributed by atoms with E-state index in [9.17, 15) is 4.39 Å². The number of anilines is 1. The first-order valence-corrected chi connectivity index (χ1v) is 4.15. The van der Waals surface area contributed by atoms with Crippen molar-refractivity contribution in [3.63, 3.8) is 0 Å². The average Bonchev–Trinajstić information content (AvgIpc) is 2.12. The predicted molar refractivity (Wildman–Crippen MR) is 46.8 cm³/mol. The SMILES string of the molecule is CCCCOc1ncc(F)c(N)n1. The summed E-state index contributed by atoms with van der Waals surface area (Å²) in [5, 5.41) is 0. The first kappa shape index (κ1) is 9.70. The van der Waals surface area contributed by atoms with Crippen LogP contribution in [0.4, 0.5) is 10.2 Å². The van der Waals surface area contributed by atoms with E-state index in [1.54, 1.807) is 0 Å². The van der Waals surface area contributed by atoms with Crippen molar-refractivity contribution in [1.29, 1.82) is 0 Å². The zero-order valence-electron chi connectivity index (χ0n) is 7.46. The second-order valence-electron chi connectivity index (χ2n) is 2.59. The third kappa shape index (κ3) is 2.85. The predicted octanol–water partition coefficient (Wildman–Crippen LogP) is 1.38. The Morgan fingerprint density at radius 2 is 2.38 bits per heavy atom. The van der Waals surface area contributed by atoms with Gasteiger partial charge in [0.25, 0.3) is 0 Å². The van der Waals surface area contributed by atoms with Crippen LogP contribution in [0.25, 0.3) is 0 Å². The summed E-state index contributed by atoms with van der Waals surface area (Å²) in [7, 11) is 0. The number of nitrogen functional groups attached to an aromatic ring is 1. The number of nitrogens with zero attached hydrogens (tertiary/aromatic N) is 2. The number of aromatic nitrogens is 2. The molecule has 4 nitrogen and oxygen atoms in total. The second kappa shape index (κ2) is 4.59. The molecule has 0 aliphatic carbocycles. The van der Waals surface area contributed by atoms with E-state index < -0.39 is 5.82 Å². The molecule has 0 spiro atoms. The lowest BCUT2D eigenvalue weighted by Crippen LogP contribution is -2.04. The van der Waals surface area contributed by atoms with E-state index in [0.29, 0.717) is 6.61 Å². The highest BCUT2D eigenvalue weighted by molar-refractivity contribution is 5.28. The Hall–Kier alpha value is -1.39. The summed E-state index contributed by atoms with van der Waals surface area (Å²) in [6.07, 6.45) is 2.95. The van der Waals surface area contributed by atoms with Crippen molar-refractivity contribution in [3.8, 4) is 6.01 Å². The summed E-state index contributed by atoms with van der Waals surface area (Å²) in [6.45, 7) is 2.57. The fourth-order valence-electron chi connectivity index (χ4n) is 0.741. The van der Waals surface area contributed by atoms with Gasteiger partial charge in [0.05, 0.1) is 12.8 Å². The van der Waals surface area contributed by atoms with E-state index in [0.717, 1.165) is 19.0 Å². The first-order valence-electron chi connectivity index (χ1n) is 4.15. The molecule has 0 radical (unpaired) electrons. The van der Waals surface area contributed by atoms with Crippen molar-refractivity contribution in [2.45, 2.75) is 19.8 Å². The van der Waals surface area contributed by atoms with E-state index >= 15 is 0 Å². The molecule has 1 rings (SSSR count). The van der Waals surface area contributed by atoms with Crippen LogP contribution in [0.15, 0.2) is 6.20 Å². The van der Waals surface area contributed by atoms with Crippen LogP contribution < -0.4 is 10.5 Å². The van der Waals surface area contributed by atoms with Crippen LogP contribution >= 0.6 is 0 Å². The van der Waals surface area contributed by atoms with Crippen molar-refractivity contribution < 1.29 is 9.13 Å². The number of halogens is 1. The number of hydrogen-bond donors (Lipinski definition) is 1. The Labute approximate surface area is 75.9 Å². The molecular weight excluding hydrogens is 173 g/mol. The fraction of sp³-hybridized carbons (Fsp3) is 0.500. The molecule has 0 aliphatic rings. The quantitative estimate of drug-likeness (QED) is 0.720. The minimum atomic E-state index is -0.622. The van der Waals surface area contributed by atoms with Gasteiger partial charge in [0.1, 0.15) is 0 Å². The van der Waals surface area contributed by atoms with Gasteiger partial charge < -0.3 is 10.5 Å². The van der Waals surface area contributed by atoms with Gasteiger partial charge in [-0.2, -0.15) is 4.98 Å². The van der Waals surface area contributed by atoms with Crippen molar-refractivity contribution in [1.82, 2.24) is 9.97 Å². The van der Waals surface area contributed by atoms with Gasteiger partial charge in [0.2, 0.25) is 0 Å². The van der Waals surface area contributed by atoms with E-state index in [1.807, 2.05) is 6.92 Å². The van der Waals surface area contributed by atoms with Crippen LogP contribution in [0.2, 0.25) is 0 Å². The highest BCUT2D eigenvalue weighted by Crippen LogP contribution is 2.09. The highest BCUT2D eigenvalue weighted by Gasteiger charge is 2.02. The molecule has 1 aromatic heterocycles. The Morgan fingerprint density at radius 3 is 3.00 bits per heavy atom. The van der Waals surface area contributed by atoms with E-state index in [1.165, 1.54) is 0 Å². The number of rotatable bonds is 4. The van der Waals surface area contributed by atoms with E-state index in [-0.39, 0.29) is 11.8 Å². The van der Waals surface area contributed by atoms with Gasteiger partial charge in [-0.15, -0.1) is 0 Å². The van der Waals surface area contributed by atoms with Gasteiger partial charge in [0, 0.05) is 0 Å². The molecule has 72 valence electrons. The van der Waals surface area contributed by atoms with Gasteiger partial charge >= 0.3 is 6.01 Å². The highest BCUT2D eigenvalue weighted by atomic mass is 19.1. The third-order valence-electron chi connectivity index (χ3n) is 1.48. The maximum Gasteiger partial charge on any atom is 0.318 e. The Balaban J connectivity index is 2.53. The number of hydrogen-bond acceptors (Lipinski definition) is 4. The Kier molecular flexibility index (Phi) is 3.42. The minimum Gasteiger partial charge on any atom is -0.463 e. The summed E-state index contributed by atoms with van der Waals surface area (Å²) < 4.78 is 17.7. The van der Waals surface area contributed by atoms with Gasteiger partial charge in [-0.1, -0.05) is 13.3 Å². The number of nitrogens with two attached hydrogens (primary N) is 1. The summed E-state index contributed by atoms with van der Waals surface area (Å²) in [5.41, 5.74) is 5.22. The molecule has 2 N–H and O–H groups in total. The molecule has 5 heteroatoms. The fourth-order valence-corrected chi connectivity index (χ4v) is 0.741. The molecule has 13 heavy (non-hydrogen) atoms. The lowest BCUT2D eigenvalue weighted by molar-refractivity contribution is 0.284. The lowest BCUT2D eigenvalue weighted by Gasteiger charge is -2.03. The van der Waals surface area contributed by atoms with E-state index in [2.05, 4.69) is 9.97 Å². The summed E-state index contributed by atoms with van der Waals surface area (Å²) in [4.78, 5) is 7.24. The van der Waals surface area contributed by atoms with Crippen LogP contribution in [-0.2, 0) is 0 Å². The molecule has 0 amide bonds. The molecule has 0 saturated carbocycles. The summed E-state index contributed by atoms with van der Waals surface area (Å²) in [5.74, 6) is -0.802. The van der Waals surface area contributed by atoms with Crippen LogP contribution in [0.1, 0.15) is 19.8 Å². The van der Waals surface area contributed by atoms with Crippen molar-refractivity contribution in [2.75, 3.05) is 12.3 Å². The molecule has 1 heterocycles. The number of unbranched alkanes of at least 4 members (excludes halogenated alkanes) is 1. The molecule has 0 aliphatic heterocycles. The van der Waals surface area contributed by atoms with Crippen molar-refractivity contribution in [3.05, 3.63) is 12.0 Å².